The van der Waals surface area contributed by atoms with Crippen molar-refractivity contribution in [1.29, 1.82) is 0 Å². The van der Waals surface area contributed by atoms with Crippen LogP contribution in [0.3, 0.4) is 0 Å². The van der Waals surface area contributed by atoms with Gasteiger partial charge in [-0.3, -0.25) is 14.9 Å². The number of nitrogens with zero attached hydrogens (tertiary/aromatic N) is 1. The monoisotopic (exact) mass is 286 g/mol. The van der Waals surface area contributed by atoms with Crippen LogP contribution >= 0.6 is 0 Å². The van der Waals surface area contributed by atoms with Crippen molar-refractivity contribution in [1.82, 2.24) is 0 Å². The highest BCUT2D eigenvalue weighted by molar-refractivity contribution is 6.02. The summed E-state index contributed by atoms with van der Waals surface area (Å²) < 4.78 is 12.7. The number of carbonyl (C=O) groups excluding carboxylic acids is 1. The quantitative estimate of drug-likeness (QED) is 0.532. The van der Waals surface area contributed by atoms with Gasteiger partial charge in [0.05, 0.1) is 4.92 Å². The largest absolute Gasteiger partial charge is 0.322 e. The standard InChI is InChI=1S/C15H11FN2O3/c16-12-7-4-11(5-8-12)6-9-15(19)17-13-2-1-3-14(10-13)18(20)21/h1-10H,(H,17,19). The lowest BCUT2D eigenvalue weighted by Crippen LogP contribution is -2.07. The minimum atomic E-state index is -0.538. The zero-order valence-electron chi connectivity index (χ0n) is 10.8. The van der Waals surface area contributed by atoms with E-state index in [1.54, 1.807) is 6.07 Å². The zero-order chi connectivity index (χ0) is 15.2. The molecule has 0 saturated heterocycles. The number of hydrogen-bond donors (Lipinski definition) is 1. The summed E-state index contributed by atoms with van der Waals surface area (Å²) in [5.41, 5.74) is 0.902. The Labute approximate surface area is 119 Å². The highest BCUT2D eigenvalue weighted by Gasteiger charge is 2.06. The van der Waals surface area contributed by atoms with Gasteiger partial charge in [0.15, 0.2) is 0 Å². The molecule has 0 fully saturated rings. The Hall–Kier alpha value is -3.02. The van der Waals surface area contributed by atoms with E-state index in [9.17, 15) is 19.3 Å². The van der Waals surface area contributed by atoms with Gasteiger partial charge < -0.3 is 5.32 Å². The molecule has 2 aromatic carbocycles. The third kappa shape index (κ3) is 4.24. The molecule has 0 bridgehead atoms. The van der Waals surface area contributed by atoms with Crippen LogP contribution in [0.25, 0.3) is 6.08 Å². The molecule has 0 heterocycles. The highest BCUT2D eigenvalue weighted by Crippen LogP contribution is 2.17. The second kappa shape index (κ2) is 6.42. The number of amides is 1. The van der Waals surface area contributed by atoms with E-state index in [0.29, 0.717) is 11.3 Å². The normalized spacial score (nSPS) is 10.5. The fourth-order valence-electron chi connectivity index (χ4n) is 1.63. The molecule has 0 aliphatic heterocycles. The summed E-state index contributed by atoms with van der Waals surface area (Å²) in [5.74, 6) is -0.784. The number of halogens is 1. The molecule has 2 aromatic rings. The molecular weight excluding hydrogens is 275 g/mol. The van der Waals surface area contributed by atoms with Gasteiger partial charge in [0.1, 0.15) is 5.82 Å². The van der Waals surface area contributed by atoms with Gasteiger partial charge >= 0.3 is 0 Å². The van der Waals surface area contributed by atoms with E-state index in [1.165, 1.54) is 54.6 Å². The molecule has 5 nitrogen and oxygen atoms in total. The number of nitro groups is 1. The van der Waals surface area contributed by atoms with Crippen LogP contribution in [0, 0.1) is 15.9 Å². The first-order valence-corrected chi connectivity index (χ1v) is 6.04. The van der Waals surface area contributed by atoms with Gasteiger partial charge in [-0.1, -0.05) is 18.2 Å². The minimum absolute atomic E-state index is 0.102. The first-order valence-electron chi connectivity index (χ1n) is 6.04. The van der Waals surface area contributed by atoms with Crippen molar-refractivity contribution in [2.45, 2.75) is 0 Å². The zero-order valence-corrected chi connectivity index (χ0v) is 10.8. The number of anilines is 1. The van der Waals surface area contributed by atoms with E-state index in [0.717, 1.165) is 0 Å². The molecule has 0 unspecified atom stereocenters. The van der Waals surface area contributed by atoms with E-state index in [-0.39, 0.29) is 11.5 Å². The summed E-state index contributed by atoms with van der Waals surface area (Å²) in [7, 11) is 0. The average Bonchev–Trinajstić information content (AvgIpc) is 2.47. The second-order valence-electron chi connectivity index (χ2n) is 4.18. The van der Waals surface area contributed by atoms with Crippen molar-refractivity contribution in [2.75, 3.05) is 5.32 Å². The molecule has 0 aromatic heterocycles. The van der Waals surface area contributed by atoms with Crippen LogP contribution < -0.4 is 5.32 Å². The maximum atomic E-state index is 12.7. The Morgan fingerprint density at radius 3 is 2.57 bits per heavy atom. The van der Waals surface area contributed by atoms with Gasteiger partial charge in [0.2, 0.25) is 5.91 Å². The highest BCUT2D eigenvalue weighted by atomic mass is 19.1. The minimum Gasteiger partial charge on any atom is -0.322 e. The van der Waals surface area contributed by atoms with Crippen LogP contribution in [-0.2, 0) is 4.79 Å². The van der Waals surface area contributed by atoms with Gasteiger partial charge in [-0.25, -0.2) is 4.39 Å². The lowest BCUT2D eigenvalue weighted by molar-refractivity contribution is -0.384. The van der Waals surface area contributed by atoms with Crippen molar-refractivity contribution in [2.24, 2.45) is 0 Å². The molecule has 0 saturated carbocycles. The van der Waals surface area contributed by atoms with Gasteiger partial charge in [-0.15, -0.1) is 0 Å². The predicted molar refractivity (Wildman–Crippen MR) is 77.2 cm³/mol. The van der Waals surface area contributed by atoms with Crippen LogP contribution in [0.2, 0.25) is 0 Å². The van der Waals surface area contributed by atoms with Gasteiger partial charge in [0.25, 0.3) is 5.69 Å². The summed E-state index contributed by atoms with van der Waals surface area (Å²) in [5, 5.41) is 13.1. The number of nitrogens with one attached hydrogen (secondary N) is 1. The van der Waals surface area contributed by atoms with Gasteiger partial charge in [-0.2, -0.15) is 0 Å². The molecule has 2 rings (SSSR count). The third-order valence-corrected chi connectivity index (χ3v) is 2.62. The SMILES string of the molecule is O=C(C=Cc1ccc(F)cc1)Nc1cccc([N+](=O)[O-])c1. The molecule has 0 spiro atoms. The smallest absolute Gasteiger partial charge is 0.271 e. The first-order chi connectivity index (χ1) is 10.0. The number of non-ortho nitro benzene ring substituents is 1. The molecule has 0 aliphatic rings. The molecule has 21 heavy (non-hydrogen) atoms. The average molecular weight is 286 g/mol. The van der Waals surface area contributed by atoms with Crippen LogP contribution in [0.5, 0.6) is 0 Å². The molecule has 106 valence electrons. The van der Waals surface area contributed by atoms with E-state index < -0.39 is 10.8 Å². The van der Waals surface area contributed by atoms with E-state index in [1.807, 2.05) is 0 Å². The second-order valence-corrected chi connectivity index (χ2v) is 4.18. The van der Waals surface area contributed by atoms with Crippen molar-refractivity contribution in [3.63, 3.8) is 0 Å². The Bertz CT molecular complexity index is 696. The van der Waals surface area contributed by atoms with Crippen molar-refractivity contribution < 1.29 is 14.1 Å². The third-order valence-electron chi connectivity index (χ3n) is 2.62. The topological polar surface area (TPSA) is 72.2 Å². The fourth-order valence-corrected chi connectivity index (χ4v) is 1.63. The van der Waals surface area contributed by atoms with Crippen LogP contribution in [-0.4, -0.2) is 10.8 Å². The Balaban J connectivity index is 2.03. The Morgan fingerprint density at radius 1 is 1.19 bits per heavy atom. The van der Waals surface area contributed by atoms with E-state index in [2.05, 4.69) is 5.32 Å². The number of hydrogen-bond acceptors (Lipinski definition) is 3. The molecule has 0 atom stereocenters. The summed E-state index contributed by atoms with van der Waals surface area (Å²) in [6.07, 6.45) is 2.79. The van der Waals surface area contributed by atoms with Crippen molar-refractivity contribution in [3.05, 3.63) is 76.1 Å². The summed E-state index contributed by atoms with van der Waals surface area (Å²) in [6, 6.07) is 11.3. The number of nitro benzene ring substituents is 1. The van der Waals surface area contributed by atoms with Gasteiger partial charge in [-0.05, 0) is 29.8 Å². The number of benzene rings is 2. The van der Waals surface area contributed by atoms with Crippen LogP contribution in [0.15, 0.2) is 54.6 Å². The van der Waals surface area contributed by atoms with Crippen LogP contribution in [0.1, 0.15) is 5.56 Å². The first kappa shape index (κ1) is 14.4. The Morgan fingerprint density at radius 2 is 1.90 bits per heavy atom. The maximum absolute atomic E-state index is 12.7. The number of rotatable bonds is 4. The lowest BCUT2D eigenvalue weighted by atomic mass is 10.2. The molecular formula is C15H11FN2O3. The molecule has 0 radical (unpaired) electrons. The van der Waals surface area contributed by atoms with Crippen LogP contribution in [0.4, 0.5) is 15.8 Å². The molecule has 6 heteroatoms. The lowest BCUT2D eigenvalue weighted by Gasteiger charge is -2.01. The predicted octanol–water partition coefficient (Wildman–Crippen LogP) is 3.39. The van der Waals surface area contributed by atoms with E-state index in [4.69, 9.17) is 0 Å². The van der Waals surface area contributed by atoms with Gasteiger partial charge in [0, 0.05) is 23.9 Å². The molecule has 1 amide bonds. The summed E-state index contributed by atoms with van der Waals surface area (Å²) >= 11 is 0. The summed E-state index contributed by atoms with van der Waals surface area (Å²) in [4.78, 5) is 21.8. The van der Waals surface area contributed by atoms with E-state index >= 15 is 0 Å². The van der Waals surface area contributed by atoms with Crippen molar-refractivity contribution in [3.8, 4) is 0 Å². The summed E-state index contributed by atoms with van der Waals surface area (Å²) in [6.45, 7) is 0. The van der Waals surface area contributed by atoms with Crippen molar-refractivity contribution >= 4 is 23.4 Å². The molecule has 1 N–H and O–H groups in total. The number of carbonyl (C=O) groups is 1. The fraction of sp³-hybridized carbons (Fsp3) is 0. The molecule has 0 aliphatic carbocycles. The maximum Gasteiger partial charge on any atom is 0.271 e. The Kier molecular flexibility index (Phi) is 4.40.